The molecule has 3 aromatic rings. The highest BCUT2D eigenvalue weighted by Gasteiger charge is 2.28. The maximum Gasteiger partial charge on any atom is 0.264 e. The molecule has 1 saturated heterocycles. The van der Waals surface area contributed by atoms with Gasteiger partial charge in [0.05, 0.1) is 10.6 Å². The molecule has 1 aliphatic heterocycles. The van der Waals surface area contributed by atoms with Gasteiger partial charge in [0, 0.05) is 26.1 Å². The van der Waals surface area contributed by atoms with Gasteiger partial charge in [0.2, 0.25) is 11.8 Å². The van der Waals surface area contributed by atoms with Crippen LogP contribution in [0.15, 0.2) is 77.7 Å². The number of nitrogens with zero attached hydrogens (tertiary/aromatic N) is 2. The van der Waals surface area contributed by atoms with Gasteiger partial charge in [-0.05, 0) is 54.7 Å². The summed E-state index contributed by atoms with van der Waals surface area (Å²) in [6.45, 7) is 5.09. The van der Waals surface area contributed by atoms with Gasteiger partial charge >= 0.3 is 0 Å². The zero-order valence-electron chi connectivity index (χ0n) is 21.3. The topological polar surface area (TPSA) is 86.8 Å². The Morgan fingerprint density at radius 3 is 2.43 bits per heavy atom. The van der Waals surface area contributed by atoms with Crippen LogP contribution in [-0.2, 0) is 39.1 Å². The molecule has 1 aliphatic rings. The Morgan fingerprint density at radius 1 is 1.00 bits per heavy atom. The van der Waals surface area contributed by atoms with Gasteiger partial charge < -0.3 is 10.2 Å². The number of likely N-dealkylation sites (tertiary alicyclic amines) is 1. The quantitative estimate of drug-likeness (QED) is 0.435. The van der Waals surface area contributed by atoms with Gasteiger partial charge in [-0.25, -0.2) is 8.42 Å². The monoisotopic (exact) mass is 519 g/mol. The molecule has 4 rings (SSSR count). The highest BCUT2D eigenvalue weighted by molar-refractivity contribution is 7.92. The summed E-state index contributed by atoms with van der Waals surface area (Å²) in [6.07, 6.45) is 2.11. The van der Waals surface area contributed by atoms with Crippen LogP contribution >= 0.6 is 0 Å². The van der Waals surface area contributed by atoms with E-state index in [1.165, 1.54) is 4.31 Å². The van der Waals surface area contributed by atoms with E-state index < -0.39 is 15.9 Å². The fourth-order valence-electron chi connectivity index (χ4n) is 4.51. The van der Waals surface area contributed by atoms with Crippen LogP contribution in [0.1, 0.15) is 42.0 Å². The minimum atomic E-state index is -3.97. The number of para-hydroxylation sites is 1. The van der Waals surface area contributed by atoms with Gasteiger partial charge in [-0.2, -0.15) is 0 Å². The van der Waals surface area contributed by atoms with Crippen molar-refractivity contribution >= 4 is 27.5 Å². The van der Waals surface area contributed by atoms with Crippen LogP contribution in [0.2, 0.25) is 0 Å². The summed E-state index contributed by atoms with van der Waals surface area (Å²) in [4.78, 5) is 27.0. The number of carbonyl (C=O) groups is 2. The second-order valence-electron chi connectivity index (χ2n) is 9.32. The lowest BCUT2D eigenvalue weighted by Crippen LogP contribution is -2.41. The number of benzene rings is 3. The van der Waals surface area contributed by atoms with E-state index in [1.54, 1.807) is 36.4 Å². The number of rotatable bonds is 10. The minimum Gasteiger partial charge on any atom is -0.350 e. The molecular weight excluding hydrogens is 486 g/mol. The van der Waals surface area contributed by atoms with Crippen molar-refractivity contribution in [2.45, 2.75) is 51.1 Å². The van der Waals surface area contributed by atoms with Gasteiger partial charge in [0.15, 0.2) is 0 Å². The van der Waals surface area contributed by atoms with Crippen molar-refractivity contribution in [1.29, 1.82) is 0 Å². The first-order valence-corrected chi connectivity index (χ1v) is 14.0. The number of hydrogen-bond donors (Lipinski definition) is 1. The first-order valence-electron chi connectivity index (χ1n) is 12.6. The second kappa shape index (κ2) is 11.6. The van der Waals surface area contributed by atoms with Gasteiger partial charge in [-0.3, -0.25) is 13.9 Å². The fraction of sp³-hybridized carbons (Fsp3) is 0.310. The first kappa shape index (κ1) is 26.4. The maximum absolute atomic E-state index is 13.7. The molecule has 2 amide bonds. The van der Waals surface area contributed by atoms with E-state index in [0.717, 1.165) is 35.2 Å². The highest BCUT2D eigenvalue weighted by Crippen LogP contribution is 2.27. The Kier molecular flexibility index (Phi) is 8.28. The Balaban J connectivity index is 1.51. The lowest BCUT2D eigenvalue weighted by Gasteiger charge is -2.26. The van der Waals surface area contributed by atoms with Crippen molar-refractivity contribution in [2.75, 3.05) is 17.4 Å². The average Bonchev–Trinajstić information content (AvgIpc) is 3.30. The number of carbonyl (C=O) groups excluding carboxylic acids is 2. The van der Waals surface area contributed by atoms with E-state index in [4.69, 9.17) is 0 Å². The Morgan fingerprint density at radius 2 is 1.73 bits per heavy atom. The fourth-order valence-corrected chi connectivity index (χ4v) is 5.97. The molecule has 0 radical (unpaired) electrons. The van der Waals surface area contributed by atoms with Crippen molar-refractivity contribution in [2.24, 2.45) is 0 Å². The predicted molar refractivity (Wildman–Crippen MR) is 144 cm³/mol. The molecule has 0 aromatic heterocycles. The number of anilines is 1. The average molecular weight is 520 g/mol. The molecule has 0 aliphatic carbocycles. The van der Waals surface area contributed by atoms with Crippen LogP contribution in [0, 0.1) is 6.92 Å². The van der Waals surface area contributed by atoms with Crippen molar-refractivity contribution in [1.82, 2.24) is 10.2 Å². The largest absolute Gasteiger partial charge is 0.350 e. The summed E-state index contributed by atoms with van der Waals surface area (Å²) in [5, 5.41) is 2.87. The highest BCUT2D eigenvalue weighted by atomic mass is 32.2. The summed E-state index contributed by atoms with van der Waals surface area (Å²) in [5.74, 6) is -0.234. The third-order valence-electron chi connectivity index (χ3n) is 6.56. The van der Waals surface area contributed by atoms with Gasteiger partial charge in [-0.1, -0.05) is 67.1 Å². The second-order valence-corrected chi connectivity index (χ2v) is 11.2. The minimum absolute atomic E-state index is 0.140. The predicted octanol–water partition coefficient (Wildman–Crippen LogP) is 4.19. The van der Waals surface area contributed by atoms with Crippen molar-refractivity contribution < 1.29 is 18.0 Å². The zero-order chi connectivity index (χ0) is 26.4. The summed E-state index contributed by atoms with van der Waals surface area (Å²) in [6, 6.07) is 21.6. The molecule has 3 aromatic carbocycles. The molecule has 0 unspecified atom stereocenters. The molecule has 0 atom stereocenters. The molecule has 8 heteroatoms. The van der Waals surface area contributed by atoms with Crippen LogP contribution in [0.3, 0.4) is 0 Å². The zero-order valence-corrected chi connectivity index (χ0v) is 22.1. The van der Waals surface area contributed by atoms with E-state index in [1.807, 2.05) is 55.1 Å². The van der Waals surface area contributed by atoms with E-state index in [0.29, 0.717) is 25.1 Å². The van der Waals surface area contributed by atoms with Crippen molar-refractivity contribution in [3.8, 4) is 0 Å². The number of hydrogen-bond acceptors (Lipinski definition) is 4. The van der Waals surface area contributed by atoms with Crippen LogP contribution in [0.4, 0.5) is 5.69 Å². The Labute approximate surface area is 219 Å². The van der Waals surface area contributed by atoms with Crippen molar-refractivity contribution in [3.05, 3.63) is 95.1 Å². The van der Waals surface area contributed by atoms with E-state index >= 15 is 0 Å². The van der Waals surface area contributed by atoms with Crippen LogP contribution in [0.5, 0.6) is 0 Å². The molecule has 7 nitrogen and oxygen atoms in total. The molecule has 194 valence electrons. The lowest BCUT2D eigenvalue weighted by molar-refractivity contribution is -0.128. The first-order chi connectivity index (χ1) is 17.8. The number of aryl methyl sites for hydroxylation is 2. The summed E-state index contributed by atoms with van der Waals surface area (Å²) < 4.78 is 28.5. The number of sulfonamides is 1. The molecule has 0 spiro atoms. The SMILES string of the molecule is CCc1ccccc1N(CC(=O)NCc1cccc(CN2CCCC2=O)c1)S(=O)(=O)c1ccc(C)cc1. The van der Waals surface area contributed by atoms with Crippen LogP contribution in [-0.4, -0.2) is 38.2 Å². The molecule has 1 N–H and O–H groups in total. The van der Waals surface area contributed by atoms with Crippen molar-refractivity contribution in [3.63, 3.8) is 0 Å². The third kappa shape index (κ3) is 6.38. The lowest BCUT2D eigenvalue weighted by atomic mass is 10.1. The van der Waals surface area contributed by atoms with E-state index in [-0.39, 0.29) is 23.9 Å². The number of amides is 2. The number of nitrogens with one attached hydrogen (secondary N) is 1. The molecule has 0 saturated carbocycles. The summed E-state index contributed by atoms with van der Waals surface area (Å²) in [5.41, 5.74) is 4.18. The van der Waals surface area contributed by atoms with E-state index in [2.05, 4.69) is 5.32 Å². The Bertz CT molecular complexity index is 1370. The molecule has 0 bridgehead atoms. The Hall–Kier alpha value is -3.65. The van der Waals surface area contributed by atoms with Gasteiger partial charge in [0.1, 0.15) is 6.54 Å². The van der Waals surface area contributed by atoms with E-state index in [9.17, 15) is 18.0 Å². The standard InChI is InChI=1S/C29H33N3O4S/c1-3-25-10-4-5-11-27(25)32(37(35,36)26-15-13-22(2)14-16-26)21-28(33)30-19-23-8-6-9-24(18-23)20-31-17-7-12-29(31)34/h4-6,8-11,13-16,18H,3,7,12,17,19-21H2,1-2H3,(H,30,33). The maximum atomic E-state index is 13.7. The molecule has 1 heterocycles. The van der Waals surface area contributed by atoms with Crippen LogP contribution < -0.4 is 9.62 Å². The smallest absolute Gasteiger partial charge is 0.264 e. The molecular formula is C29H33N3O4S. The van der Waals surface area contributed by atoms with Crippen LogP contribution in [0.25, 0.3) is 0 Å². The van der Waals surface area contributed by atoms with Gasteiger partial charge in [0.25, 0.3) is 10.0 Å². The summed E-state index contributed by atoms with van der Waals surface area (Å²) >= 11 is 0. The molecule has 37 heavy (non-hydrogen) atoms. The normalized spacial score (nSPS) is 13.6. The summed E-state index contributed by atoms with van der Waals surface area (Å²) in [7, 11) is -3.97. The molecule has 1 fully saturated rings. The third-order valence-corrected chi connectivity index (χ3v) is 8.34. The van der Waals surface area contributed by atoms with Gasteiger partial charge in [-0.15, -0.1) is 0 Å².